The zero-order valence-electron chi connectivity index (χ0n) is 16.5. The summed E-state index contributed by atoms with van der Waals surface area (Å²) in [4.78, 5) is 15.2. The molecular weight excluding hydrogens is 385 g/mol. The molecule has 154 valence electrons. The molecule has 2 aliphatic rings. The first-order valence-corrected chi connectivity index (χ1v) is 10.1. The van der Waals surface area contributed by atoms with Crippen molar-refractivity contribution in [2.24, 2.45) is 0 Å². The van der Waals surface area contributed by atoms with E-state index in [1.807, 2.05) is 35.2 Å². The predicted octanol–water partition coefficient (Wildman–Crippen LogP) is 3.66. The second-order valence-corrected chi connectivity index (χ2v) is 7.57. The lowest BCUT2D eigenvalue weighted by Crippen LogP contribution is -2.47. The van der Waals surface area contributed by atoms with Crippen LogP contribution in [-0.2, 0) is 9.47 Å². The number of carbonyl (C=O) groups is 1. The van der Waals surface area contributed by atoms with Gasteiger partial charge in [0.15, 0.2) is 5.79 Å². The number of hydrogen-bond acceptors (Lipinski definition) is 4. The molecule has 30 heavy (non-hydrogen) atoms. The van der Waals surface area contributed by atoms with E-state index in [0.29, 0.717) is 56.2 Å². The van der Waals surface area contributed by atoms with Crippen LogP contribution in [0, 0.1) is 5.82 Å². The molecule has 3 heterocycles. The Morgan fingerprint density at radius 1 is 0.967 bits per heavy atom. The zero-order valence-corrected chi connectivity index (χ0v) is 16.5. The van der Waals surface area contributed by atoms with Crippen LogP contribution < -0.4 is 0 Å². The van der Waals surface area contributed by atoms with Gasteiger partial charge in [0, 0.05) is 31.5 Å². The first-order chi connectivity index (χ1) is 14.6. The normalized spacial score (nSPS) is 18.1. The molecule has 2 fully saturated rings. The number of amides is 1. The van der Waals surface area contributed by atoms with E-state index in [1.165, 1.54) is 12.1 Å². The number of likely N-dealkylation sites (tertiary alicyclic amines) is 1. The van der Waals surface area contributed by atoms with Crippen molar-refractivity contribution >= 4 is 5.91 Å². The second-order valence-electron chi connectivity index (χ2n) is 7.57. The largest absolute Gasteiger partial charge is 0.347 e. The highest BCUT2D eigenvalue weighted by Gasteiger charge is 2.41. The smallest absolute Gasteiger partial charge is 0.272 e. The molecule has 6 nitrogen and oxygen atoms in total. The van der Waals surface area contributed by atoms with Crippen LogP contribution in [0.25, 0.3) is 16.9 Å². The second kappa shape index (κ2) is 7.66. The van der Waals surface area contributed by atoms with Crippen molar-refractivity contribution in [3.63, 3.8) is 0 Å². The molecule has 2 aromatic carbocycles. The van der Waals surface area contributed by atoms with Gasteiger partial charge in [0.25, 0.3) is 5.91 Å². The van der Waals surface area contributed by atoms with Crippen molar-refractivity contribution in [1.82, 2.24) is 14.7 Å². The Bertz CT molecular complexity index is 1030. The van der Waals surface area contributed by atoms with Gasteiger partial charge in [0.2, 0.25) is 0 Å². The monoisotopic (exact) mass is 407 g/mol. The van der Waals surface area contributed by atoms with E-state index < -0.39 is 5.79 Å². The molecule has 0 saturated carbocycles. The van der Waals surface area contributed by atoms with Crippen LogP contribution in [0.5, 0.6) is 0 Å². The summed E-state index contributed by atoms with van der Waals surface area (Å²) in [7, 11) is 0. The average Bonchev–Trinajstić information content (AvgIpc) is 3.43. The van der Waals surface area contributed by atoms with Gasteiger partial charge in [-0.3, -0.25) is 4.79 Å². The van der Waals surface area contributed by atoms with Crippen molar-refractivity contribution in [1.29, 1.82) is 0 Å². The highest BCUT2D eigenvalue weighted by Crippen LogP contribution is 2.32. The summed E-state index contributed by atoms with van der Waals surface area (Å²) in [6.07, 6.45) is 1.30. The number of hydrogen-bond donors (Lipinski definition) is 0. The lowest BCUT2D eigenvalue weighted by Gasteiger charge is -2.37. The molecule has 2 saturated heterocycles. The van der Waals surface area contributed by atoms with Gasteiger partial charge in [-0.25, -0.2) is 9.07 Å². The van der Waals surface area contributed by atoms with Gasteiger partial charge in [-0.1, -0.05) is 30.3 Å². The number of carbonyl (C=O) groups excluding carboxylic acids is 1. The molecule has 0 N–H and O–H groups in total. The minimum Gasteiger partial charge on any atom is -0.347 e. The van der Waals surface area contributed by atoms with Crippen LogP contribution in [0.2, 0.25) is 0 Å². The predicted molar refractivity (Wildman–Crippen MR) is 109 cm³/mol. The Morgan fingerprint density at radius 3 is 2.30 bits per heavy atom. The molecule has 0 atom stereocenters. The van der Waals surface area contributed by atoms with Gasteiger partial charge in [-0.15, -0.1) is 0 Å². The fourth-order valence-corrected chi connectivity index (χ4v) is 4.06. The van der Waals surface area contributed by atoms with E-state index in [0.717, 1.165) is 5.56 Å². The molecule has 2 aliphatic heterocycles. The SMILES string of the molecule is O=C(c1cc(-c2ccccc2)nn1-c1ccc(F)cc1)N1CCC2(CC1)OCCO2. The van der Waals surface area contributed by atoms with Crippen LogP contribution in [0.3, 0.4) is 0 Å². The maximum Gasteiger partial charge on any atom is 0.272 e. The van der Waals surface area contributed by atoms with Crippen LogP contribution >= 0.6 is 0 Å². The Hall–Kier alpha value is -3.03. The Kier molecular flexibility index (Phi) is 4.84. The van der Waals surface area contributed by atoms with Gasteiger partial charge in [0.05, 0.1) is 24.6 Å². The van der Waals surface area contributed by atoms with Crippen molar-refractivity contribution in [2.75, 3.05) is 26.3 Å². The molecule has 0 aliphatic carbocycles. The summed E-state index contributed by atoms with van der Waals surface area (Å²) in [5.74, 6) is -0.981. The highest BCUT2D eigenvalue weighted by molar-refractivity contribution is 5.94. The molecule has 0 radical (unpaired) electrons. The number of aromatic nitrogens is 2. The highest BCUT2D eigenvalue weighted by atomic mass is 19.1. The first-order valence-electron chi connectivity index (χ1n) is 10.1. The summed E-state index contributed by atoms with van der Waals surface area (Å²) >= 11 is 0. The van der Waals surface area contributed by atoms with Gasteiger partial charge in [-0.05, 0) is 30.3 Å². The maximum absolute atomic E-state index is 13.4. The standard InChI is InChI=1S/C23H22FN3O3/c24-18-6-8-19(9-7-18)27-21(16-20(25-27)17-4-2-1-3-5-17)22(28)26-12-10-23(11-13-26)29-14-15-30-23/h1-9,16H,10-15H2. The number of piperidine rings is 1. The fraction of sp³-hybridized carbons (Fsp3) is 0.304. The third kappa shape index (κ3) is 3.51. The lowest BCUT2D eigenvalue weighted by molar-refractivity contribution is -0.181. The van der Waals surface area contributed by atoms with E-state index in [9.17, 15) is 9.18 Å². The summed E-state index contributed by atoms with van der Waals surface area (Å²) in [6, 6.07) is 17.5. The van der Waals surface area contributed by atoms with E-state index in [2.05, 4.69) is 5.10 Å². The van der Waals surface area contributed by atoms with Crippen molar-refractivity contribution < 1.29 is 18.7 Å². The molecule has 0 bridgehead atoms. The van der Waals surface area contributed by atoms with Crippen molar-refractivity contribution in [2.45, 2.75) is 18.6 Å². The molecule has 7 heteroatoms. The molecule has 1 amide bonds. The Labute approximate surface area is 173 Å². The molecule has 3 aromatic rings. The van der Waals surface area contributed by atoms with E-state index >= 15 is 0 Å². The Balaban J connectivity index is 1.47. The van der Waals surface area contributed by atoms with Crippen molar-refractivity contribution in [3.05, 3.63) is 72.2 Å². The zero-order chi connectivity index (χ0) is 20.6. The van der Waals surface area contributed by atoms with Gasteiger partial charge < -0.3 is 14.4 Å². The topological polar surface area (TPSA) is 56.6 Å². The summed E-state index contributed by atoms with van der Waals surface area (Å²) in [5.41, 5.74) is 2.69. The number of benzene rings is 2. The molecule has 0 unspecified atom stereocenters. The number of rotatable bonds is 3. The van der Waals surface area contributed by atoms with Crippen LogP contribution in [0.4, 0.5) is 4.39 Å². The quantitative estimate of drug-likeness (QED) is 0.665. The van der Waals surface area contributed by atoms with Gasteiger partial charge in [0.1, 0.15) is 11.5 Å². The van der Waals surface area contributed by atoms with Crippen LogP contribution in [0.15, 0.2) is 60.7 Å². The van der Waals surface area contributed by atoms with E-state index in [1.54, 1.807) is 22.9 Å². The van der Waals surface area contributed by atoms with E-state index in [4.69, 9.17) is 9.47 Å². The third-order valence-electron chi connectivity index (χ3n) is 5.70. The molecular formula is C23H22FN3O3. The Morgan fingerprint density at radius 2 is 1.63 bits per heavy atom. The van der Waals surface area contributed by atoms with Crippen molar-refractivity contribution in [3.8, 4) is 16.9 Å². The molecule has 5 rings (SSSR count). The van der Waals surface area contributed by atoms with Crippen LogP contribution in [0.1, 0.15) is 23.3 Å². The third-order valence-corrected chi connectivity index (χ3v) is 5.70. The summed E-state index contributed by atoms with van der Waals surface area (Å²) in [5, 5.41) is 4.66. The molecule has 1 aromatic heterocycles. The van der Waals surface area contributed by atoms with Crippen LogP contribution in [-0.4, -0.2) is 52.7 Å². The number of nitrogens with zero attached hydrogens (tertiary/aromatic N) is 3. The average molecular weight is 407 g/mol. The summed E-state index contributed by atoms with van der Waals surface area (Å²) < 4.78 is 26.6. The fourth-order valence-electron chi connectivity index (χ4n) is 4.06. The number of ether oxygens (including phenoxy) is 2. The minimum absolute atomic E-state index is 0.109. The first kappa shape index (κ1) is 19.0. The minimum atomic E-state index is -0.539. The summed E-state index contributed by atoms with van der Waals surface area (Å²) in [6.45, 7) is 2.31. The molecule has 1 spiro atoms. The van der Waals surface area contributed by atoms with Gasteiger partial charge in [-0.2, -0.15) is 5.10 Å². The van der Waals surface area contributed by atoms with E-state index in [-0.39, 0.29) is 11.7 Å². The number of halogens is 1. The van der Waals surface area contributed by atoms with Gasteiger partial charge >= 0.3 is 0 Å². The lowest BCUT2D eigenvalue weighted by atomic mass is 10.0. The maximum atomic E-state index is 13.4.